The van der Waals surface area contributed by atoms with Gasteiger partial charge in [-0.25, -0.2) is 31.2 Å². The van der Waals surface area contributed by atoms with Crippen molar-refractivity contribution in [2.24, 2.45) is 0 Å². The SMILES string of the molecule is CC(C)S(=O)(=O)c1ccc(S(=O)(=O)Nc2cccc(Cl)c2C(=N)N2CCN(c3ncc(F)cn3)CC23CC3)cc1. The van der Waals surface area contributed by atoms with E-state index in [2.05, 4.69) is 14.7 Å². The van der Waals surface area contributed by atoms with Gasteiger partial charge in [-0.1, -0.05) is 17.7 Å². The molecular formula is C26H28ClFN6O4S2. The van der Waals surface area contributed by atoms with Crippen LogP contribution in [0.4, 0.5) is 16.0 Å². The molecule has 1 aromatic heterocycles. The minimum absolute atomic E-state index is 0.0339. The van der Waals surface area contributed by atoms with Gasteiger partial charge in [0.05, 0.1) is 49.2 Å². The third-order valence-electron chi connectivity index (χ3n) is 7.22. The van der Waals surface area contributed by atoms with Crippen LogP contribution in [-0.4, -0.2) is 68.0 Å². The number of rotatable bonds is 7. The van der Waals surface area contributed by atoms with E-state index in [1.807, 2.05) is 9.80 Å². The fraction of sp³-hybridized carbons (Fsp3) is 0.346. The molecule has 14 heteroatoms. The molecule has 0 bridgehead atoms. The molecule has 0 radical (unpaired) electrons. The van der Waals surface area contributed by atoms with Gasteiger partial charge in [0.25, 0.3) is 10.0 Å². The van der Waals surface area contributed by atoms with E-state index in [1.165, 1.54) is 30.3 Å². The smallest absolute Gasteiger partial charge is 0.261 e. The van der Waals surface area contributed by atoms with Gasteiger partial charge in [-0.05, 0) is 63.1 Å². The molecule has 2 N–H and O–H groups in total. The Morgan fingerprint density at radius 1 is 1.02 bits per heavy atom. The van der Waals surface area contributed by atoms with Crippen molar-refractivity contribution < 1.29 is 21.2 Å². The number of hydrogen-bond donors (Lipinski definition) is 2. The Morgan fingerprint density at radius 2 is 1.65 bits per heavy atom. The molecule has 3 aromatic rings. The molecule has 10 nitrogen and oxygen atoms in total. The van der Waals surface area contributed by atoms with Crippen LogP contribution in [0.5, 0.6) is 0 Å². The predicted molar refractivity (Wildman–Crippen MR) is 151 cm³/mol. The number of benzene rings is 2. The summed E-state index contributed by atoms with van der Waals surface area (Å²) < 4.78 is 67.3. The number of aromatic nitrogens is 2. The van der Waals surface area contributed by atoms with Crippen LogP contribution in [-0.2, 0) is 19.9 Å². The summed E-state index contributed by atoms with van der Waals surface area (Å²) in [6.07, 6.45) is 3.86. The number of nitrogens with one attached hydrogen (secondary N) is 2. The highest BCUT2D eigenvalue weighted by atomic mass is 35.5. The molecular weight excluding hydrogens is 579 g/mol. The van der Waals surface area contributed by atoms with E-state index in [4.69, 9.17) is 17.0 Å². The molecule has 2 aromatic carbocycles. The fourth-order valence-corrected chi connectivity index (χ4v) is 7.20. The normalized spacial score (nSPS) is 16.8. The zero-order valence-corrected chi connectivity index (χ0v) is 24.2. The van der Waals surface area contributed by atoms with E-state index in [-0.39, 0.29) is 37.4 Å². The maximum absolute atomic E-state index is 13.3. The lowest BCUT2D eigenvalue weighted by atomic mass is 10.1. The van der Waals surface area contributed by atoms with Crippen LogP contribution in [0.1, 0.15) is 32.3 Å². The largest absolute Gasteiger partial charge is 0.347 e. The minimum Gasteiger partial charge on any atom is -0.347 e. The summed E-state index contributed by atoms with van der Waals surface area (Å²) >= 11 is 6.54. The second-order valence-electron chi connectivity index (χ2n) is 10.2. The Labute approximate surface area is 237 Å². The van der Waals surface area contributed by atoms with E-state index >= 15 is 0 Å². The van der Waals surface area contributed by atoms with Crippen molar-refractivity contribution >= 4 is 48.9 Å². The zero-order valence-electron chi connectivity index (χ0n) is 21.8. The third kappa shape index (κ3) is 5.25. The average Bonchev–Trinajstić information content (AvgIpc) is 3.67. The summed E-state index contributed by atoms with van der Waals surface area (Å²) in [7, 11) is -7.69. The lowest BCUT2D eigenvalue weighted by Gasteiger charge is -2.43. The lowest BCUT2D eigenvalue weighted by molar-refractivity contribution is 0.257. The van der Waals surface area contributed by atoms with E-state index in [1.54, 1.807) is 26.0 Å². The van der Waals surface area contributed by atoms with Gasteiger partial charge < -0.3 is 9.80 Å². The van der Waals surface area contributed by atoms with Crippen molar-refractivity contribution in [2.45, 2.75) is 47.3 Å². The standard InChI is InChI=1S/C26H28ClFN6O4S2/c1-17(2)39(35,36)19-6-8-20(9-7-19)40(37,38)32-22-5-3-4-21(27)23(22)24(29)34-13-12-33(16-26(34)10-11-26)25-30-14-18(28)15-31-25/h3-9,14-15,17,29,32H,10-13,16H2,1-2H3. The summed E-state index contributed by atoms with van der Waals surface area (Å²) in [5.41, 5.74) is 0.00104. The molecule has 0 atom stereocenters. The van der Waals surface area contributed by atoms with Gasteiger partial charge in [0, 0.05) is 19.6 Å². The van der Waals surface area contributed by atoms with Crippen molar-refractivity contribution in [3.8, 4) is 0 Å². The van der Waals surface area contributed by atoms with E-state index in [0.29, 0.717) is 25.6 Å². The molecule has 212 valence electrons. The maximum Gasteiger partial charge on any atom is 0.261 e. The van der Waals surface area contributed by atoms with Gasteiger partial charge in [0.1, 0.15) is 5.84 Å². The Morgan fingerprint density at radius 3 is 2.25 bits per heavy atom. The van der Waals surface area contributed by atoms with Crippen molar-refractivity contribution in [1.82, 2.24) is 14.9 Å². The topological polar surface area (TPSA) is 136 Å². The minimum atomic E-state index is -4.13. The number of piperazine rings is 1. The molecule has 1 saturated carbocycles. The number of hydrogen-bond acceptors (Lipinski definition) is 8. The van der Waals surface area contributed by atoms with Gasteiger partial charge >= 0.3 is 0 Å². The summed E-state index contributed by atoms with van der Waals surface area (Å²) in [6.45, 7) is 4.55. The van der Waals surface area contributed by atoms with Crippen molar-refractivity contribution in [3.63, 3.8) is 0 Å². The first kappa shape index (κ1) is 28.2. The first-order chi connectivity index (χ1) is 18.8. The van der Waals surface area contributed by atoms with Crippen LogP contribution in [0.15, 0.2) is 64.6 Å². The number of anilines is 2. The molecule has 1 spiro atoms. The summed E-state index contributed by atoms with van der Waals surface area (Å²) in [5.74, 6) is -0.0216. The first-order valence-corrected chi connectivity index (χ1v) is 16.0. The van der Waals surface area contributed by atoms with Gasteiger partial charge in [-0.15, -0.1) is 0 Å². The molecule has 1 aliphatic heterocycles. The molecule has 2 fully saturated rings. The summed E-state index contributed by atoms with van der Waals surface area (Å²) in [4.78, 5) is 12.0. The molecule has 1 aliphatic carbocycles. The summed E-state index contributed by atoms with van der Waals surface area (Å²) in [6, 6.07) is 9.74. The van der Waals surface area contributed by atoms with Crippen molar-refractivity contribution in [2.75, 3.05) is 29.3 Å². The van der Waals surface area contributed by atoms with Crippen LogP contribution in [0.2, 0.25) is 5.02 Å². The Balaban J connectivity index is 1.39. The molecule has 40 heavy (non-hydrogen) atoms. The van der Waals surface area contributed by atoms with Crippen LogP contribution < -0.4 is 9.62 Å². The molecule has 2 heterocycles. The zero-order chi connectivity index (χ0) is 28.9. The molecule has 0 unspecified atom stereocenters. The number of sulfone groups is 1. The van der Waals surface area contributed by atoms with Crippen molar-refractivity contribution in [1.29, 1.82) is 5.41 Å². The third-order valence-corrected chi connectivity index (χ3v) is 11.1. The predicted octanol–water partition coefficient (Wildman–Crippen LogP) is 3.93. The van der Waals surface area contributed by atoms with E-state index in [0.717, 1.165) is 25.2 Å². The monoisotopic (exact) mass is 606 g/mol. The van der Waals surface area contributed by atoms with Gasteiger partial charge in [0.2, 0.25) is 5.95 Å². The Hall–Kier alpha value is -3.29. The number of nitrogens with zero attached hydrogens (tertiary/aromatic N) is 4. The molecule has 5 rings (SSSR count). The number of sulfonamides is 1. The molecule has 2 aliphatic rings. The van der Waals surface area contributed by atoms with Gasteiger partial charge in [-0.3, -0.25) is 10.1 Å². The highest BCUT2D eigenvalue weighted by Crippen LogP contribution is 2.46. The lowest BCUT2D eigenvalue weighted by Crippen LogP contribution is -2.57. The maximum atomic E-state index is 13.3. The van der Waals surface area contributed by atoms with Gasteiger partial charge in [0.15, 0.2) is 15.7 Å². The van der Waals surface area contributed by atoms with Gasteiger partial charge in [-0.2, -0.15) is 0 Å². The van der Waals surface area contributed by atoms with Crippen LogP contribution >= 0.6 is 11.6 Å². The highest BCUT2D eigenvalue weighted by molar-refractivity contribution is 7.93. The van der Waals surface area contributed by atoms with Crippen LogP contribution in [0, 0.1) is 11.2 Å². The molecule has 0 amide bonds. The van der Waals surface area contributed by atoms with E-state index < -0.39 is 30.9 Å². The number of amidine groups is 1. The second-order valence-corrected chi connectivity index (χ2v) is 14.8. The van der Waals surface area contributed by atoms with Crippen molar-refractivity contribution in [3.05, 3.63) is 71.3 Å². The highest BCUT2D eigenvalue weighted by Gasteiger charge is 2.53. The average molecular weight is 607 g/mol. The van der Waals surface area contributed by atoms with Crippen LogP contribution in [0.25, 0.3) is 0 Å². The second kappa shape index (κ2) is 10.3. The summed E-state index contributed by atoms with van der Waals surface area (Å²) in [5, 5.41) is 8.66. The quantitative estimate of drug-likeness (QED) is 0.305. The Bertz CT molecular complexity index is 1660. The Kier molecular flexibility index (Phi) is 7.26. The molecule has 1 saturated heterocycles. The van der Waals surface area contributed by atoms with Crippen LogP contribution in [0.3, 0.4) is 0 Å². The number of halogens is 2. The first-order valence-electron chi connectivity index (χ1n) is 12.6. The fourth-order valence-electron chi connectivity index (χ4n) is 4.81. The van der Waals surface area contributed by atoms with E-state index in [9.17, 15) is 21.2 Å².